The molecule has 3 atom stereocenters. The molecule has 1 saturated heterocycles. The van der Waals surface area contributed by atoms with Crippen LogP contribution in [0.1, 0.15) is 33.6 Å². The normalized spacial score (nSPS) is 26.4. The third-order valence-corrected chi connectivity index (χ3v) is 3.56. The second-order valence-corrected chi connectivity index (χ2v) is 6.12. The molecule has 4 nitrogen and oxygen atoms in total. The average molecular weight is 256 g/mol. The van der Waals surface area contributed by atoms with Crippen molar-refractivity contribution >= 4 is 5.91 Å². The highest BCUT2D eigenvalue weighted by atomic mass is 16.3. The lowest BCUT2D eigenvalue weighted by Crippen LogP contribution is -2.46. The first-order valence-corrected chi connectivity index (χ1v) is 7.02. The molecule has 106 valence electrons. The largest absolute Gasteiger partial charge is 0.393 e. The van der Waals surface area contributed by atoms with Gasteiger partial charge >= 0.3 is 0 Å². The number of nitrogens with zero attached hydrogens (tertiary/aromatic N) is 2. The number of amides is 1. The summed E-state index contributed by atoms with van der Waals surface area (Å²) in [5.74, 6) is 1.45. The Kier molecular flexibility index (Phi) is 6.09. The Balaban J connectivity index is 2.35. The molecule has 0 aromatic heterocycles. The Bertz CT molecular complexity index is 259. The van der Waals surface area contributed by atoms with Gasteiger partial charge in [-0.3, -0.25) is 9.69 Å². The van der Waals surface area contributed by atoms with Gasteiger partial charge in [-0.25, -0.2) is 0 Å². The molecular weight excluding hydrogens is 228 g/mol. The Labute approximate surface area is 111 Å². The number of piperidine rings is 1. The monoisotopic (exact) mass is 256 g/mol. The number of likely N-dealkylation sites (tertiary alicyclic amines) is 1. The van der Waals surface area contributed by atoms with Crippen LogP contribution in [0.15, 0.2) is 0 Å². The number of rotatable bonds is 5. The quantitative estimate of drug-likeness (QED) is 0.803. The van der Waals surface area contributed by atoms with E-state index in [0.717, 1.165) is 26.1 Å². The predicted octanol–water partition coefficient (Wildman–Crippen LogP) is 1.19. The first kappa shape index (κ1) is 15.4. The third-order valence-electron chi connectivity index (χ3n) is 3.56. The zero-order chi connectivity index (χ0) is 13.7. The second kappa shape index (κ2) is 7.10. The van der Waals surface area contributed by atoms with Crippen LogP contribution in [0, 0.1) is 11.8 Å². The molecule has 1 rings (SSSR count). The fraction of sp³-hybridized carbons (Fsp3) is 0.929. The van der Waals surface area contributed by atoms with Gasteiger partial charge in [-0.15, -0.1) is 0 Å². The van der Waals surface area contributed by atoms with E-state index < -0.39 is 0 Å². The van der Waals surface area contributed by atoms with E-state index in [9.17, 15) is 9.90 Å². The summed E-state index contributed by atoms with van der Waals surface area (Å²) in [4.78, 5) is 16.2. The van der Waals surface area contributed by atoms with Gasteiger partial charge < -0.3 is 10.0 Å². The molecule has 0 aliphatic carbocycles. The van der Waals surface area contributed by atoms with Crippen molar-refractivity contribution in [1.82, 2.24) is 9.80 Å². The van der Waals surface area contributed by atoms with E-state index in [4.69, 9.17) is 0 Å². The van der Waals surface area contributed by atoms with Gasteiger partial charge in [0.05, 0.1) is 12.6 Å². The second-order valence-electron chi connectivity index (χ2n) is 6.12. The molecule has 4 heteroatoms. The van der Waals surface area contributed by atoms with Gasteiger partial charge in [-0.05, 0) is 38.6 Å². The molecule has 3 unspecified atom stereocenters. The summed E-state index contributed by atoms with van der Waals surface area (Å²) in [6.45, 7) is 9.24. The highest BCUT2D eigenvalue weighted by molar-refractivity contribution is 5.78. The minimum atomic E-state index is -0.294. The molecule has 1 N–H and O–H groups in total. The van der Waals surface area contributed by atoms with Crippen LogP contribution in [0.3, 0.4) is 0 Å². The van der Waals surface area contributed by atoms with Gasteiger partial charge in [0, 0.05) is 19.6 Å². The van der Waals surface area contributed by atoms with Gasteiger partial charge in [0.2, 0.25) is 5.91 Å². The Morgan fingerprint density at radius 2 is 1.94 bits per heavy atom. The molecule has 0 aromatic carbocycles. The van der Waals surface area contributed by atoms with Crippen molar-refractivity contribution in [1.29, 1.82) is 0 Å². The zero-order valence-corrected chi connectivity index (χ0v) is 12.2. The third kappa shape index (κ3) is 5.36. The maximum atomic E-state index is 12.2. The van der Waals surface area contributed by atoms with E-state index in [1.54, 1.807) is 6.92 Å². The molecule has 1 fully saturated rings. The van der Waals surface area contributed by atoms with Crippen molar-refractivity contribution in [2.75, 3.05) is 33.2 Å². The van der Waals surface area contributed by atoms with Crippen LogP contribution in [0.25, 0.3) is 0 Å². The van der Waals surface area contributed by atoms with Crippen LogP contribution in [0.4, 0.5) is 0 Å². The summed E-state index contributed by atoms with van der Waals surface area (Å²) >= 11 is 0. The van der Waals surface area contributed by atoms with Crippen LogP contribution < -0.4 is 0 Å². The summed E-state index contributed by atoms with van der Waals surface area (Å²) in [6.07, 6.45) is 1.65. The molecule has 1 aliphatic rings. The number of aliphatic hydroxyl groups is 1. The number of aliphatic hydroxyl groups excluding tert-OH is 1. The molecule has 0 bridgehead atoms. The lowest BCUT2D eigenvalue weighted by atomic mass is 9.92. The van der Waals surface area contributed by atoms with Crippen LogP contribution in [-0.4, -0.2) is 60.1 Å². The van der Waals surface area contributed by atoms with Crippen molar-refractivity contribution in [3.8, 4) is 0 Å². The SMILES string of the molecule is CC(O)CCN(C)CC(=O)N1CC(C)CC(C)C1. The van der Waals surface area contributed by atoms with Crippen LogP contribution in [-0.2, 0) is 4.79 Å². The fourth-order valence-corrected chi connectivity index (χ4v) is 2.68. The molecule has 18 heavy (non-hydrogen) atoms. The number of hydrogen-bond donors (Lipinski definition) is 1. The summed E-state index contributed by atoms with van der Waals surface area (Å²) in [5, 5.41) is 9.23. The highest BCUT2D eigenvalue weighted by Gasteiger charge is 2.25. The van der Waals surface area contributed by atoms with Crippen LogP contribution in [0.5, 0.6) is 0 Å². The molecule has 1 heterocycles. The molecule has 0 saturated carbocycles. The van der Waals surface area contributed by atoms with E-state index in [2.05, 4.69) is 13.8 Å². The highest BCUT2D eigenvalue weighted by Crippen LogP contribution is 2.20. The predicted molar refractivity (Wildman–Crippen MR) is 73.3 cm³/mol. The lowest BCUT2D eigenvalue weighted by Gasteiger charge is -2.35. The number of carbonyl (C=O) groups is 1. The fourth-order valence-electron chi connectivity index (χ4n) is 2.68. The van der Waals surface area contributed by atoms with E-state index in [1.807, 2.05) is 16.8 Å². The maximum absolute atomic E-state index is 12.2. The number of likely N-dealkylation sites (N-methyl/N-ethyl adjacent to an activating group) is 1. The lowest BCUT2D eigenvalue weighted by molar-refractivity contribution is -0.134. The molecule has 1 amide bonds. The molecule has 0 radical (unpaired) electrons. The Morgan fingerprint density at radius 3 is 2.44 bits per heavy atom. The van der Waals surface area contributed by atoms with Crippen molar-refractivity contribution in [2.45, 2.75) is 39.7 Å². The smallest absolute Gasteiger partial charge is 0.236 e. The minimum Gasteiger partial charge on any atom is -0.393 e. The molecule has 0 aromatic rings. The first-order valence-electron chi connectivity index (χ1n) is 7.02. The van der Waals surface area contributed by atoms with Gasteiger partial charge in [-0.2, -0.15) is 0 Å². The number of carbonyl (C=O) groups excluding carboxylic acids is 1. The van der Waals surface area contributed by atoms with Gasteiger partial charge in [0.1, 0.15) is 0 Å². The topological polar surface area (TPSA) is 43.8 Å². The minimum absolute atomic E-state index is 0.224. The van der Waals surface area contributed by atoms with Crippen LogP contribution in [0.2, 0.25) is 0 Å². The Hall–Kier alpha value is -0.610. The van der Waals surface area contributed by atoms with E-state index in [1.165, 1.54) is 6.42 Å². The summed E-state index contributed by atoms with van der Waals surface area (Å²) in [6, 6.07) is 0. The van der Waals surface area contributed by atoms with E-state index in [-0.39, 0.29) is 12.0 Å². The van der Waals surface area contributed by atoms with Crippen molar-refractivity contribution in [2.24, 2.45) is 11.8 Å². The molecular formula is C14H28N2O2. The Morgan fingerprint density at radius 1 is 1.39 bits per heavy atom. The van der Waals surface area contributed by atoms with Gasteiger partial charge in [0.25, 0.3) is 0 Å². The maximum Gasteiger partial charge on any atom is 0.236 e. The van der Waals surface area contributed by atoms with Gasteiger partial charge in [-0.1, -0.05) is 13.8 Å². The summed E-state index contributed by atoms with van der Waals surface area (Å²) < 4.78 is 0. The summed E-state index contributed by atoms with van der Waals surface area (Å²) in [5.41, 5.74) is 0. The van der Waals surface area contributed by atoms with Gasteiger partial charge in [0.15, 0.2) is 0 Å². The zero-order valence-electron chi connectivity index (χ0n) is 12.2. The molecule has 0 spiro atoms. The standard InChI is InChI=1S/C14H28N2O2/c1-11-7-12(2)9-16(8-11)14(18)10-15(4)6-5-13(3)17/h11-13,17H,5-10H2,1-4H3. The van der Waals surface area contributed by atoms with E-state index in [0.29, 0.717) is 18.4 Å². The first-order chi connectivity index (χ1) is 8.38. The molecule has 1 aliphatic heterocycles. The number of hydrogen-bond acceptors (Lipinski definition) is 3. The van der Waals surface area contributed by atoms with Crippen molar-refractivity contribution in [3.63, 3.8) is 0 Å². The van der Waals surface area contributed by atoms with E-state index >= 15 is 0 Å². The van der Waals surface area contributed by atoms with Crippen LogP contribution >= 0.6 is 0 Å². The average Bonchev–Trinajstić information content (AvgIpc) is 2.25. The van der Waals surface area contributed by atoms with Crippen molar-refractivity contribution < 1.29 is 9.90 Å². The summed E-state index contributed by atoms with van der Waals surface area (Å²) in [7, 11) is 1.94. The van der Waals surface area contributed by atoms with Crippen molar-refractivity contribution in [3.05, 3.63) is 0 Å².